The molecule has 0 bridgehead atoms. The number of rotatable bonds is 1. The van der Waals surface area contributed by atoms with E-state index in [1.165, 1.54) is 18.2 Å². The maximum Gasteiger partial charge on any atom is 0.266 e. The van der Waals surface area contributed by atoms with Gasteiger partial charge in [-0.05, 0) is 49.7 Å². The van der Waals surface area contributed by atoms with E-state index in [1.807, 2.05) is 36.4 Å². The fourth-order valence-corrected chi connectivity index (χ4v) is 7.48. The number of nitrogens with zero attached hydrogens (tertiary/aromatic N) is 4. The molecule has 4 aromatic rings. The maximum atomic E-state index is 14.9. The Kier molecular flexibility index (Phi) is 3.96. The summed E-state index contributed by atoms with van der Waals surface area (Å²) in [5, 5.41) is 0.493. The summed E-state index contributed by atoms with van der Waals surface area (Å²) < 4.78 is 16.5. The van der Waals surface area contributed by atoms with Crippen LogP contribution in [0.2, 0.25) is 0 Å². The van der Waals surface area contributed by atoms with Crippen LogP contribution in [0.15, 0.2) is 77.6 Å². The zero-order valence-corrected chi connectivity index (χ0v) is 19.7. The Labute approximate surface area is 210 Å². The number of aromatic nitrogens is 2. The van der Waals surface area contributed by atoms with Gasteiger partial charge in [0.2, 0.25) is 11.8 Å². The van der Waals surface area contributed by atoms with E-state index in [-0.39, 0.29) is 23.2 Å². The summed E-state index contributed by atoms with van der Waals surface area (Å²) in [6.07, 6.45) is 1.60. The molecule has 3 aromatic carbocycles. The normalized spacial score (nSPS) is 27.7. The molecule has 7 nitrogen and oxygen atoms in total. The van der Waals surface area contributed by atoms with Crippen LogP contribution >= 0.6 is 0 Å². The van der Waals surface area contributed by atoms with Crippen molar-refractivity contribution in [3.05, 3.63) is 100 Å². The fraction of sp³-hybridized carbons (Fsp3) is 0.241. The standard InChI is InChI=1S/C29H21FN4O3/c30-18-10-3-6-13-21(18)33-26(36)23-22-14-7-15-32(22)29(24(23)27(33)37)17-9-2-5-12-20(17)34-25(35)16-8-1-4-11-19(16)31-28(29)34/h1-6,8-13,22-24H,7,14-15H2/t22-,23+,24-,29+/m0/s1. The van der Waals surface area contributed by atoms with E-state index in [2.05, 4.69) is 4.90 Å². The van der Waals surface area contributed by atoms with E-state index in [0.717, 1.165) is 23.3 Å². The number of hydrogen-bond acceptors (Lipinski definition) is 5. The highest BCUT2D eigenvalue weighted by atomic mass is 19.1. The smallest absolute Gasteiger partial charge is 0.266 e. The quantitative estimate of drug-likeness (QED) is 0.381. The molecule has 0 N–H and O–H groups in total. The number of carbonyl (C=O) groups is 2. The van der Waals surface area contributed by atoms with E-state index in [1.54, 1.807) is 22.8 Å². The maximum absolute atomic E-state index is 14.9. The summed E-state index contributed by atoms with van der Waals surface area (Å²) in [4.78, 5) is 50.4. The van der Waals surface area contributed by atoms with E-state index in [4.69, 9.17) is 4.98 Å². The van der Waals surface area contributed by atoms with Crippen LogP contribution in [0.25, 0.3) is 16.6 Å². The van der Waals surface area contributed by atoms with Gasteiger partial charge < -0.3 is 0 Å². The Hall–Kier alpha value is -4.17. The average molecular weight is 493 g/mol. The predicted molar refractivity (Wildman–Crippen MR) is 134 cm³/mol. The van der Waals surface area contributed by atoms with Gasteiger partial charge in [0.05, 0.1) is 34.1 Å². The molecular weight excluding hydrogens is 471 g/mol. The summed E-state index contributed by atoms with van der Waals surface area (Å²) in [7, 11) is 0. The lowest BCUT2D eigenvalue weighted by atomic mass is 9.75. The van der Waals surface area contributed by atoms with E-state index in [9.17, 15) is 18.8 Å². The highest BCUT2D eigenvalue weighted by Crippen LogP contribution is 2.62. The van der Waals surface area contributed by atoms with Crippen LogP contribution in [0.4, 0.5) is 10.1 Å². The molecule has 182 valence electrons. The number of hydrogen-bond donors (Lipinski definition) is 0. The number of halogens is 1. The molecule has 8 rings (SSSR count). The van der Waals surface area contributed by atoms with Gasteiger partial charge in [0.1, 0.15) is 17.2 Å². The van der Waals surface area contributed by atoms with Gasteiger partial charge in [0, 0.05) is 11.6 Å². The third-order valence-electron chi connectivity index (χ3n) is 8.73. The number of imide groups is 1. The van der Waals surface area contributed by atoms with Crippen LogP contribution in [0.5, 0.6) is 0 Å². The molecule has 0 aliphatic carbocycles. The Morgan fingerprint density at radius 3 is 2.43 bits per heavy atom. The van der Waals surface area contributed by atoms with E-state index >= 15 is 0 Å². The van der Waals surface area contributed by atoms with Gasteiger partial charge in [-0.1, -0.05) is 42.5 Å². The van der Waals surface area contributed by atoms with Gasteiger partial charge in [-0.2, -0.15) is 0 Å². The van der Waals surface area contributed by atoms with Gasteiger partial charge in [-0.15, -0.1) is 0 Å². The molecule has 0 unspecified atom stereocenters. The Morgan fingerprint density at radius 1 is 0.865 bits per heavy atom. The molecule has 5 heterocycles. The Balaban J connectivity index is 1.46. The summed E-state index contributed by atoms with van der Waals surface area (Å²) >= 11 is 0. The Morgan fingerprint density at radius 2 is 1.59 bits per heavy atom. The van der Waals surface area contributed by atoms with Crippen molar-refractivity contribution in [2.24, 2.45) is 11.8 Å². The predicted octanol–water partition coefficient (Wildman–Crippen LogP) is 3.37. The minimum absolute atomic E-state index is 0.0262. The molecular formula is C29H21FN4O3. The minimum Gasteiger partial charge on any atom is -0.283 e. The summed E-state index contributed by atoms with van der Waals surface area (Å²) in [6.45, 7) is 0.676. The molecule has 0 saturated carbocycles. The van der Waals surface area contributed by atoms with Gasteiger partial charge >= 0.3 is 0 Å². The average Bonchev–Trinajstić information content (AvgIpc) is 3.62. The second kappa shape index (κ2) is 6.98. The van der Waals surface area contributed by atoms with Crippen molar-refractivity contribution in [1.29, 1.82) is 0 Å². The van der Waals surface area contributed by atoms with Gasteiger partial charge in [-0.25, -0.2) is 14.3 Å². The highest BCUT2D eigenvalue weighted by Gasteiger charge is 2.73. The number of amides is 2. The number of benzene rings is 3. The van der Waals surface area contributed by atoms with Gasteiger partial charge in [-0.3, -0.25) is 23.9 Å². The van der Waals surface area contributed by atoms with Crippen LogP contribution in [0.1, 0.15) is 24.2 Å². The third kappa shape index (κ3) is 2.31. The summed E-state index contributed by atoms with van der Waals surface area (Å²) in [5.41, 5.74) is 0.696. The van der Waals surface area contributed by atoms with Crippen LogP contribution in [-0.2, 0) is 15.1 Å². The highest BCUT2D eigenvalue weighted by molar-refractivity contribution is 6.23. The molecule has 4 aliphatic rings. The largest absolute Gasteiger partial charge is 0.283 e. The molecule has 3 saturated heterocycles. The van der Waals surface area contributed by atoms with Crippen LogP contribution in [0.3, 0.4) is 0 Å². The first-order chi connectivity index (χ1) is 18.0. The topological polar surface area (TPSA) is 75.5 Å². The molecule has 0 radical (unpaired) electrons. The first-order valence-corrected chi connectivity index (χ1v) is 12.6. The molecule has 4 atom stereocenters. The zero-order chi connectivity index (χ0) is 25.1. The third-order valence-corrected chi connectivity index (χ3v) is 8.73. The van der Waals surface area contributed by atoms with Crippen LogP contribution in [-0.4, -0.2) is 38.9 Å². The first-order valence-electron chi connectivity index (χ1n) is 12.6. The van der Waals surface area contributed by atoms with Crippen molar-refractivity contribution in [3.8, 4) is 5.69 Å². The van der Waals surface area contributed by atoms with Crippen molar-refractivity contribution in [1.82, 2.24) is 14.5 Å². The SMILES string of the molecule is O=C1[C@H]2[C@@H](C(=O)N1c1ccccc1F)[C@@]1(c3ccccc3-n3c1nc1ccccc1c3=O)N1CCC[C@@H]21. The Bertz CT molecular complexity index is 1750. The van der Waals surface area contributed by atoms with E-state index < -0.39 is 29.1 Å². The van der Waals surface area contributed by atoms with Crippen molar-refractivity contribution >= 4 is 28.4 Å². The van der Waals surface area contributed by atoms with Crippen molar-refractivity contribution in [2.75, 3.05) is 11.4 Å². The number of fused-ring (bicyclic) bond motifs is 11. The van der Waals surface area contributed by atoms with Crippen molar-refractivity contribution in [3.63, 3.8) is 0 Å². The van der Waals surface area contributed by atoms with Gasteiger partial charge in [0.25, 0.3) is 5.56 Å². The lowest BCUT2D eigenvalue weighted by molar-refractivity contribution is -0.124. The number of para-hydroxylation sites is 3. The van der Waals surface area contributed by atoms with Crippen molar-refractivity contribution in [2.45, 2.75) is 24.4 Å². The second-order valence-corrected chi connectivity index (χ2v) is 10.2. The second-order valence-electron chi connectivity index (χ2n) is 10.2. The molecule has 4 aliphatic heterocycles. The lowest BCUT2D eigenvalue weighted by Crippen LogP contribution is -2.51. The first kappa shape index (κ1) is 21.0. The van der Waals surface area contributed by atoms with Crippen LogP contribution in [0, 0.1) is 17.7 Å². The molecule has 1 aromatic heterocycles. The summed E-state index contributed by atoms with van der Waals surface area (Å²) in [5.74, 6) is -2.46. The molecule has 2 amide bonds. The molecule has 1 spiro atoms. The summed E-state index contributed by atoms with van der Waals surface area (Å²) in [6, 6.07) is 20.5. The number of anilines is 1. The molecule has 37 heavy (non-hydrogen) atoms. The van der Waals surface area contributed by atoms with Crippen molar-refractivity contribution < 1.29 is 14.0 Å². The molecule has 8 heteroatoms. The number of carbonyl (C=O) groups excluding carboxylic acids is 2. The minimum atomic E-state index is -1.10. The lowest BCUT2D eigenvalue weighted by Gasteiger charge is -2.38. The van der Waals surface area contributed by atoms with Gasteiger partial charge in [0.15, 0.2) is 0 Å². The molecule has 3 fully saturated rings. The van der Waals surface area contributed by atoms with E-state index in [0.29, 0.717) is 29.0 Å². The zero-order valence-electron chi connectivity index (χ0n) is 19.7. The fourth-order valence-electron chi connectivity index (χ4n) is 7.48. The monoisotopic (exact) mass is 492 g/mol. The van der Waals surface area contributed by atoms with Crippen LogP contribution < -0.4 is 10.5 Å².